The van der Waals surface area contributed by atoms with E-state index in [0.717, 1.165) is 22.5 Å². The highest BCUT2D eigenvalue weighted by Crippen LogP contribution is 2.25. The topological polar surface area (TPSA) is 54.6 Å². The number of aromatic carboxylic acids is 1. The molecule has 3 rings (SSSR count). The normalized spacial score (nSPS) is 11.9. The Bertz CT molecular complexity index is 1030. The van der Waals surface area contributed by atoms with Gasteiger partial charge in [0.2, 0.25) is 0 Å². The zero-order valence-corrected chi connectivity index (χ0v) is 17.7. The van der Waals surface area contributed by atoms with E-state index in [1.807, 2.05) is 6.21 Å². The van der Waals surface area contributed by atoms with Crippen LogP contribution in [0.4, 0.5) is 0 Å². The van der Waals surface area contributed by atoms with Gasteiger partial charge in [-0.25, -0.2) is 4.79 Å². The minimum Gasteiger partial charge on any atom is -0.478 e. The molecule has 0 saturated carbocycles. The van der Waals surface area contributed by atoms with Crippen molar-refractivity contribution in [2.45, 2.75) is 46.6 Å². The molecule has 1 heterocycles. The van der Waals surface area contributed by atoms with Crippen LogP contribution in [0, 0.1) is 13.8 Å². The van der Waals surface area contributed by atoms with Crippen molar-refractivity contribution in [3.8, 4) is 5.69 Å². The van der Waals surface area contributed by atoms with Crippen molar-refractivity contribution in [2.24, 2.45) is 4.99 Å². The van der Waals surface area contributed by atoms with Crippen LogP contribution < -0.4 is 0 Å². The maximum absolute atomic E-state index is 10.9. The van der Waals surface area contributed by atoms with Crippen molar-refractivity contribution < 1.29 is 9.90 Å². The molecule has 150 valence electrons. The van der Waals surface area contributed by atoms with Crippen molar-refractivity contribution in [1.29, 1.82) is 0 Å². The number of carboxylic acids is 1. The van der Waals surface area contributed by atoms with Crippen molar-refractivity contribution >= 4 is 12.2 Å². The van der Waals surface area contributed by atoms with Gasteiger partial charge in [-0.15, -0.1) is 0 Å². The summed E-state index contributed by atoms with van der Waals surface area (Å²) in [4.78, 5) is 15.5. The van der Waals surface area contributed by atoms with E-state index in [4.69, 9.17) is 5.11 Å². The number of hydrogen-bond donors (Lipinski definition) is 1. The molecular weight excluding hydrogens is 360 g/mol. The smallest absolute Gasteiger partial charge is 0.335 e. The quantitative estimate of drug-likeness (QED) is 0.569. The second-order valence-corrected chi connectivity index (χ2v) is 8.43. The summed E-state index contributed by atoms with van der Waals surface area (Å²) in [6.45, 7) is 11.4. The van der Waals surface area contributed by atoms with Gasteiger partial charge in [-0.2, -0.15) is 0 Å². The largest absolute Gasteiger partial charge is 0.478 e. The van der Waals surface area contributed by atoms with Gasteiger partial charge in [-0.05, 0) is 60.7 Å². The van der Waals surface area contributed by atoms with E-state index >= 15 is 0 Å². The Labute approximate surface area is 172 Å². The van der Waals surface area contributed by atoms with Crippen LogP contribution in [0.5, 0.6) is 0 Å². The minimum atomic E-state index is -0.914. The predicted octanol–water partition coefficient (Wildman–Crippen LogP) is 5.71. The van der Waals surface area contributed by atoms with Gasteiger partial charge in [0.25, 0.3) is 0 Å². The van der Waals surface area contributed by atoms with E-state index in [-0.39, 0.29) is 5.41 Å². The summed E-state index contributed by atoms with van der Waals surface area (Å²) in [7, 11) is 0. The van der Waals surface area contributed by atoms with Crippen LogP contribution in [0.25, 0.3) is 5.69 Å². The van der Waals surface area contributed by atoms with Gasteiger partial charge < -0.3 is 9.67 Å². The lowest BCUT2D eigenvalue weighted by molar-refractivity contribution is 0.0697. The molecule has 0 saturated heterocycles. The van der Waals surface area contributed by atoms with Gasteiger partial charge in [-0.1, -0.05) is 45.0 Å². The lowest BCUT2D eigenvalue weighted by Gasteiger charge is -2.20. The number of aromatic nitrogens is 1. The number of carbonyl (C=O) groups is 1. The molecule has 0 bridgehead atoms. The Morgan fingerprint density at radius 3 is 2.21 bits per heavy atom. The van der Waals surface area contributed by atoms with Crippen molar-refractivity contribution in [3.05, 3.63) is 88.2 Å². The zero-order valence-electron chi connectivity index (χ0n) is 17.7. The standard InChI is InChI=1S/C25H28N2O2/c1-17-14-21(16-26-15-19-6-8-20(9-7-19)24(28)29)18(2)27(17)23-12-10-22(11-13-23)25(3,4)5/h6-14,16H,15H2,1-5H3,(H,28,29). The Kier molecular flexibility index (Phi) is 5.73. The monoisotopic (exact) mass is 388 g/mol. The molecule has 2 aromatic carbocycles. The average molecular weight is 389 g/mol. The second kappa shape index (κ2) is 8.08. The lowest BCUT2D eigenvalue weighted by atomic mass is 9.87. The zero-order chi connectivity index (χ0) is 21.2. The summed E-state index contributed by atoms with van der Waals surface area (Å²) in [5, 5.41) is 8.98. The first-order valence-corrected chi connectivity index (χ1v) is 9.79. The summed E-state index contributed by atoms with van der Waals surface area (Å²) in [5.41, 5.74) is 7.28. The summed E-state index contributed by atoms with van der Waals surface area (Å²) in [6.07, 6.45) is 1.90. The molecule has 1 N–H and O–H groups in total. The van der Waals surface area contributed by atoms with Gasteiger partial charge in [0, 0.05) is 28.9 Å². The van der Waals surface area contributed by atoms with E-state index in [2.05, 4.69) is 74.5 Å². The third kappa shape index (κ3) is 4.65. The molecule has 0 unspecified atom stereocenters. The number of nitrogens with zero attached hydrogens (tertiary/aromatic N) is 2. The van der Waals surface area contributed by atoms with Crippen LogP contribution in [0.15, 0.2) is 59.6 Å². The Morgan fingerprint density at radius 1 is 1.03 bits per heavy atom. The van der Waals surface area contributed by atoms with Gasteiger partial charge in [0.05, 0.1) is 12.1 Å². The second-order valence-electron chi connectivity index (χ2n) is 8.43. The molecule has 1 aromatic heterocycles. The third-order valence-electron chi connectivity index (χ3n) is 5.17. The maximum Gasteiger partial charge on any atom is 0.335 e. The molecule has 0 aliphatic rings. The van der Waals surface area contributed by atoms with Crippen LogP contribution in [-0.2, 0) is 12.0 Å². The van der Waals surface area contributed by atoms with E-state index in [0.29, 0.717) is 12.1 Å². The number of benzene rings is 2. The molecule has 0 aliphatic heterocycles. The SMILES string of the molecule is Cc1cc(C=NCc2ccc(C(=O)O)cc2)c(C)n1-c1ccc(C(C)(C)C)cc1. The summed E-state index contributed by atoms with van der Waals surface area (Å²) < 4.78 is 2.25. The number of rotatable bonds is 5. The van der Waals surface area contributed by atoms with Crippen LogP contribution in [0.3, 0.4) is 0 Å². The number of aliphatic imine (C=N–C) groups is 1. The van der Waals surface area contributed by atoms with Crippen molar-refractivity contribution in [1.82, 2.24) is 4.57 Å². The highest BCUT2D eigenvalue weighted by molar-refractivity contribution is 5.87. The highest BCUT2D eigenvalue weighted by atomic mass is 16.4. The molecule has 4 heteroatoms. The molecular formula is C25H28N2O2. The number of hydrogen-bond acceptors (Lipinski definition) is 2. The Hall–Kier alpha value is -3.14. The number of aryl methyl sites for hydroxylation is 1. The van der Waals surface area contributed by atoms with Gasteiger partial charge >= 0.3 is 5.97 Å². The molecule has 3 aromatic rings. The summed E-state index contributed by atoms with van der Waals surface area (Å²) in [5.74, 6) is -0.914. The van der Waals surface area contributed by atoms with Crippen molar-refractivity contribution in [3.63, 3.8) is 0 Å². The van der Waals surface area contributed by atoms with Gasteiger partial charge in [0.1, 0.15) is 0 Å². The molecule has 0 aliphatic carbocycles. The minimum absolute atomic E-state index is 0.139. The first-order chi connectivity index (χ1) is 13.7. The molecule has 0 spiro atoms. The van der Waals surface area contributed by atoms with Gasteiger partial charge in [0.15, 0.2) is 0 Å². The maximum atomic E-state index is 10.9. The van der Waals surface area contributed by atoms with Crippen LogP contribution in [0.1, 0.15) is 59.2 Å². The van der Waals surface area contributed by atoms with Crippen LogP contribution in [-0.4, -0.2) is 21.9 Å². The first-order valence-electron chi connectivity index (χ1n) is 9.79. The first kappa shape index (κ1) is 20.6. The fourth-order valence-corrected chi connectivity index (χ4v) is 3.43. The molecule has 0 atom stereocenters. The highest BCUT2D eigenvalue weighted by Gasteiger charge is 2.14. The fraction of sp³-hybridized carbons (Fsp3) is 0.280. The van der Waals surface area contributed by atoms with E-state index in [1.54, 1.807) is 24.3 Å². The Balaban J connectivity index is 1.78. The third-order valence-corrected chi connectivity index (χ3v) is 5.17. The molecule has 0 fully saturated rings. The Morgan fingerprint density at radius 2 is 1.66 bits per heavy atom. The molecule has 0 amide bonds. The molecule has 0 radical (unpaired) electrons. The average Bonchev–Trinajstić information content (AvgIpc) is 2.95. The molecule has 4 nitrogen and oxygen atoms in total. The predicted molar refractivity (Wildman–Crippen MR) is 119 cm³/mol. The van der Waals surface area contributed by atoms with E-state index < -0.39 is 5.97 Å². The van der Waals surface area contributed by atoms with Gasteiger partial charge in [-0.3, -0.25) is 4.99 Å². The summed E-state index contributed by atoms with van der Waals surface area (Å²) >= 11 is 0. The number of carboxylic acid groups (broad SMARTS) is 1. The lowest BCUT2D eigenvalue weighted by Crippen LogP contribution is -2.11. The van der Waals surface area contributed by atoms with Crippen LogP contribution in [0.2, 0.25) is 0 Å². The molecule has 29 heavy (non-hydrogen) atoms. The van der Waals surface area contributed by atoms with Crippen molar-refractivity contribution in [2.75, 3.05) is 0 Å². The van der Waals surface area contributed by atoms with E-state index in [1.165, 1.54) is 11.3 Å². The summed E-state index contributed by atoms with van der Waals surface area (Å²) in [6, 6.07) is 17.7. The fourth-order valence-electron chi connectivity index (χ4n) is 3.43. The van der Waals surface area contributed by atoms with E-state index in [9.17, 15) is 4.79 Å². The van der Waals surface area contributed by atoms with Crippen LogP contribution >= 0.6 is 0 Å².